The van der Waals surface area contributed by atoms with Gasteiger partial charge in [-0.1, -0.05) is 93.8 Å². The number of amides is 3. The zero-order valence-electron chi connectivity index (χ0n) is 62.9. The van der Waals surface area contributed by atoms with Crippen LogP contribution >= 0.6 is 0 Å². The molecule has 0 radical (unpaired) electrons. The molecule has 109 heavy (non-hydrogen) atoms. The fourth-order valence-electron chi connectivity index (χ4n) is 14.6. The Bertz CT molecular complexity index is 5000. The first kappa shape index (κ1) is 78.1. The van der Waals surface area contributed by atoms with Crippen LogP contribution < -0.4 is 5.32 Å². The van der Waals surface area contributed by atoms with Crippen molar-refractivity contribution in [1.82, 2.24) is 39.8 Å². The van der Waals surface area contributed by atoms with Gasteiger partial charge in [0.15, 0.2) is 11.6 Å². The number of likely N-dealkylation sites (tertiary alicyclic amines) is 3. The molecule has 3 fully saturated rings. The number of rotatable bonds is 18. The normalized spacial score (nSPS) is 14.3. The molecule has 16 heteroatoms. The van der Waals surface area contributed by atoms with Crippen LogP contribution in [-0.2, 0) is 25.7 Å². The number of fused-ring (bicyclic) bond motifs is 1. The van der Waals surface area contributed by atoms with E-state index in [0.29, 0.717) is 77.4 Å². The van der Waals surface area contributed by atoms with Crippen LogP contribution in [0, 0.1) is 62.7 Å². The summed E-state index contributed by atoms with van der Waals surface area (Å²) in [6, 6.07) is 56.2. The molecule has 4 aliphatic rings. The van der Waals surface area contributed by atoms with Gasteiger partial charge >= 0.3 is 0 Å². The Hall–Kier alpha value is -11.9. The molecule has 3 saturated heterocycles. The zero-order chi connectivity index (χ0) is 75.8. The predicted octanol–water partition coefficient (Wildman–Crippen LogP) is 17.9. The van der Waals surface area contributed by atoms with E-state index < -0.39 is 0 Å². The van der Waals surface area contributed by atoms with E-state index in [2.05, 4.69) is 119 Å². The Kier molecular flexibility index (Phi) is 26.2. The minimum absolute atomic E-state index is 0. The number of carbonyl (C=O) groups excluding carboxylic acids is 4. The van der Waals surface area contributed by atoms with E-state index in [4.69, 9.17) is 27.5 Å². The number of aryl methyl sites for hydroxylation is 3. The molecule has 6 aromatic carbocycles. The Morgan fingerprint density at radius 1 is 0.541 bits per heavy atom. The van der Waals surface area contributed by atoms with Gasteiger partial charge in [0, 0.05) is 145 Å². The number of pyridine rings is 3. The summed E-state index contributed by atoms with van der Waals surface area (Å²) < 4.78 is 5.86. The second-order valence-electron chi connectivity index (χ2n) is 29.5. The number of nitriles is 1. The number of aromatic nitrogens is 5. The summed E-state index contributed by atoms with van der Waals surface area (Å²) in [6.07, 6.45) is 24.8. The lowest BCUT2D eigenvalue weighted by Gasteiger charge is -2.32. The van der Waals surface area contributed by atoms with Gasteiger partial charge in [0.05, 0.1) is 18.1 Å². The fourth-order valence-corrected chi connectivity index (χ4v) is 14.6. The maximum atomic E-state index is 13.4. The number of anilines is 1. The molecule has 0 saturated carbocycles. The van der Waals surface area contributed by atoms with Gasteiger partial charge in [-0.2, -0.15) is 5.26 Å². The standard InChI is InChI=1S/C32H34N2O2.C31H33N5O.C29H26N4O2.CH4/c1-5-24-7-10-25(11-8-24)26-14-16-34(17-15-26)32(36)27-9-6-23(4)29(19-27)20-30-13-12-28(21-33-30)31(35)18-22(2)3;1-20(2)33-29-11-10-25-17-28(34-30(25)35-29)18-27-16-26(7-4-21(27)3)31(37)36-14-12-24(13-15-36)23-8-5-22(19-32)6-9-23;1-3-21-5-8-22(9-6-21)23-12-16-33(17-13-23)29(34)25-7-4-20(2)26(18-25)19-27-31-32-28(35-27)24-10-14-30-15-11-24;/h1,6-13,19,21-22,26H,14-18,20H2,2-4H3;4-11,16,20,24H,12-15,17-18H2,1-3H3,(H,33,35);1,4-11,14-15,18,23H,12-13,16-17,19H2,2H3;1H4. The largest absolute Gasteiger partial charge is 0.420 e. The van der Waals surface area contributed by atoms with Crippen LogP contribution in [0.15, 0.2) is 192 Å². The first-order valence-electron chi connectivity index (χ1n) is 37.7. The highest BCUT2D eigenvalue weighted by Gasteiger charge is 2.29. The van der Waals surface area contributed by atoms with Crippen LogP contribution in [0.25, 0.3) is 11.5 Å². The van der Waals surface area contributed by atoms with Crippen LogP contribution in [0.4, 0.5) is 11.6 Å². The Labute approximate surface area is 642 Å². The third kappa shape index (κ3) is 20.2. The average Bonchev–Trinajstić information content (AvgIpc) is 1.80. The first-order chi connectivity index (χ1) is 52.3. The molecule has 14 rings (SSSR count). The molecule has 0 spiro atoms. The molecular weight excluding hydrogens is 1350 g/mol. The number of hydrogen-bond acceptors (Lipinski definition) is 13. The van der Waals surface area contributed by atoms with E-state index in [-0.39, 0.29) is 30.9 Å². The van der Waals surface area contributed by atoms with Crippen molar-refractivity contribution >= 4 is 40.9 Å². The lowest BCUT2D eigenvalue weighted by molar-refractivity contribution is 0.0705. The number of terminal acetylenes is 2. The third-order valence-corrected chi connectivity index (χ3v) is 21.0. The number of ketones is 1. The SMILES string of the molecule is C.C#Cc1ccc(C2CCN(C(=O)c3ccc(C)c(Cc4ccc(C(=O)CC(C)C)cn4)c3)CC2)cc1.C#Cc1ccc(C2CCN(C(=O)c3ccc(C)c(Cc4nnc(-c5ccncc5)o4)c3)CC2)cc1.Cc1ccc(C(=O)N2CCC(c3ccc(C#N)cc3)CC2)cc1CC1=Nc2nc(NC(C)C)ccc2C1. The Balaban J connectivity index is 0.000000162. The second-order valence-corrected chi connectivity index (χ2v) is 29.5. The van der Waals surface area contributed by atoms with E-state index in [1.165, 1.54) is 22.3 Å². The highest BCUT2D eigenvalue weighted by Crippen LogP contribution is 2.35. The summed E-state index contributed by atoms with van der Waals surface area (Å²) in [6.45, 7) is 18.9. The predicted molar refractivity (Wildman–Crippen MR) is 432 cm³/mol. The number of nitrogens with one attached hydrogen (secondary N) is 1. The van der Waals surface area contributed by atoms with E-state index in [0.717, 1.165) is 175 Å². The fraction of sp³-hybridized carbons (Fsp3) is 0.323. The molecule has 0 aliphatic carbocycles. The summed E-state index contributed by atoms with van der Waals surface area (Å²) in [7, 11) is 0. The number of aliphatic imine (C=N–C) groups is 1. The van der Waals surface area contributed by atoms with Crippen LogP contribution in [0.5, 0.6) is 0 Å². The van der Waals surface area contributed by atoms with Gasteiger partial charge in [-0.3, -0.25) is 29.1 Å². The van der Waals surface area contributed by atoms with E-state index in [1.807, 2.05) is 157 Å². The van der Waals surface area contributed by atoms with Crippen molar-refractivity contribution in [1.29, 1.82) is 5.26 Å². The number of Topliss-reactive ketones (excluding diaryl/α,β-unsaturated/α-hetero) is 1. The molecule has 16 nitrogen and oxygen atoms in total. The van der Waals surface area contributed by atoms with E-state index in [9.17, 15) is 19.2 Å². The summed E-state index contributed by atoms with van der Waals surface area (Å²) in [5, 5.41) is 20.7. The molecular formula is C93H97N11O5. The lowest BCUT2D eigenvalue weighted by Crippen LogP contribution is -2.38. The van der Waals surface area contributed by atoms with Gasteiger partial charge in [-0.15, -0.1) is 23.0 Å². The quantitative estimate of drug-likeness (QED) is 0.0630. The van der Waals surface area contributed by atoms with Crippen LogP contribution in [-0.4, -0.2) is 114 Å². The van der Waals surface area contributed by atoms with Crippen molar-refractivity contribution in [2.45, 2.75) is 150 Å². The van der Waals surface area contributed by atoms with Gasteiger partial charge in [-0.05, 0) is 250 Å². The highest BCUT2D eigenvalue weighted by atomic mass is 16.4. The summed E-state index contributed by atoms with van der Waals surface area (Å²) >= 11 is 0. The molecule has 554 valence electrons. The van der Waals surface area contributed by atoms with Gasteiger partial charge in [0.25, 0.3) is 17.7 Å². The molecule has 10 aromatic rings. The topological polar surface area (TPSA) is 204 Å². The first-order valence-corrected chi connectivity index (χ1v) is 37.7. The number of piperidine rings is 3. The van der Waals surface area contributed by atoms with Gasteiger partial charge < -0.3 is 24.4 Å². The number of nitrogens with zero attached hydrogens (tertiary/aromatic N) is 10. The summed E-state index contributed by atoms with van der Waals surface area (Å²) in [4.78, 5) is 76.2. The number of carbonyl (C=O) groups is 4. The Morgan fingerprint density at radius 2 is 0.991 bits per heavy atom. The zero-order valence-corrected chi connectivity index (χ0v) is 62.9. The second kappa shape index (κ2) is 36.6. The molecule has 0 unspecified atom stereocenters. The van der Waals surface area contributed by atoms with Gasteiger partial charge in [0.2, 0.25) is 11.8 Å². The summed E-state index contributed by atoms with van der Waals surface area (Å²) in [5.41, 5.74) is 19.7. The highest BCUT2D eigenvalue weighted by molar-refractivity contribution is 5.98. The smallest absolute Gasteiger partial charge is 0.253 e. The number of hydrogen-bond donors (Lipinski definition) is 1. The molecule has 3 amide bonds. The average molecular weight is 1450 g/mol. The van der Waals surface area contributed by atoms with Crippen molar-refractivity contribution in [2.24, 2.45) is 10.9 Å². The number of benzene rings is 6. The molecule has 4 aromatic heterocycles. The van der Waals surface area contributed by atoms with Gasteiger partial charge in [-0.25, -0.2) is 9.98 Å². The maximum absolute atomic E-state index is 13.4. The minimum Gasteiger partial charge on any atom is -0.420 e. The van der Waals surface area contributed by atoms with Crippen LogP contribution in [0.1, 0.15) is 223 Å². The molecule has 1 N–H and O–H groups in total. The molecule has 0 bridgehead atoms. The molecule has 8 heterocycles. The van der Waals surface area contributed by atoms with Crippen molar-refractivity contribution in [3.05, 3.63) is 289 Å². The van der Waals surface area contributed by atoms with Crippen molar-refractivity contribution in [3.8, 4) is 42.2 Å². The van der Waals surface area contributed by atoms with Gasteiger partial charge in [0.1, 0.15) is 5.82 Å². The third-order valence-electron chi connectivity index (χ3n) is 21.0. The lowest BCUT2D eigenvalue weighted by atomic mass is 9.88. The van der Waals surface area contributed by atoms with Crippen molar-refractivity contribution in [2.75, 3.05) is 44.6 Å². The van der Waals surface area contributed by atoms with E-state index >= 15 is 0 Å². The van der Waals surface area contributed by atoms with Crippen LogP contribution in [0.3, 0.4) is 0 Å². The molecule has 0 atom stereocenters. The minimum atomic E-state index is 0. The van der Waals surface area contributed by atoms with Crippen molar-refractivity contribution < 1.29 is 23.6 Å². The Morgan fingerprint density at radius 3 is 1.42 bits per heavy atom. The van der Waals surface area contributed by atoms with Crippen LogP contribution in [0.2, 0.25) is 0 Å². The summed E-state index contributed by atoms with van der Waals surface area (Å²) in [5.74, 6) is 9.99. The van der Waals surface area contributed by atoms with E-state index in [1.54, 1.807) is 18.6 Å². The maximum Gasteiger partial charge on any atom is 0.253 e. The van der Waals surface area contributed by atoms with Crippen molar-refractivity contribution in [3.63, 3.8) is 0 Å². The monoisotopic (exact) mass is 1450 g/mol. The molecule has 4 aliphatic heterocycles.